The molecule has 154 valence electrons. The first-order valence-corrected chi connectivity index (χ1v) is 10.3. The smallest absolute Gasteiger partial charge is 0.286 e. The van der Waals surface area contributed by atoms with Crippen molar-refractivity contribution in [2.45, 2.75) is 53.6 Å². The maximum Gasteiger partial charge on any atom is 0.286 e. The number of hydrogen-bond acceptors (Lipinski definition) is 4. The van der Waals surface area contributed by atoms with Crippen LogP contribution in [0, 0.1) is 6.92 Å². The van der Waals surface area contributed by atoms with E-state index in [1.165, 1.54) is 5.56 Å². The van der Waals surface area contributed by atoms with E-state index in [0.717, 1.165) is 37.4 Å². The van der Waals surface area contributed by atoms with Gasteiger partial charge in [0, 0.05) is 6.54 Å². The van der Waals surface area contributed by atoms with E-state index < -0.39 is 0 Å². The van der Waals surface area contributed by atoms with Crippen molar-refractivity contribution < 1.29 is 13.9 Å². The molecule has 0 radical (unpaired) electrons. The van der Waals surface area contributed by atoms with Crippen molar-refractivity contribution in [1.82, 2.24) is 10.2 Å². The maximum absolute atomic E-state index is 12.2. The number of carbonyl (C=O) groups is 1. The second-order valence-corrected chi connectivity index (χ2v) is 7.39. The van der Waals surface area contributed by atoms with E-state index >= 15 is 0 Å². The van der Waals surface area contributed by atoms with Gasteiger partial charge in [-0.15, -0.1) is 0 Å². The van der Waals surface area contributed by atoms with Crippen molar-refractivity contribution in [2.24, 2.45) is 0 Å². The summed E-state index contributed by atoms with van der Waals surface area (Å²) in [6.07, 6.45) is 0.926. The molecule has 2 rings (SSSR count). The number of rotatable bonds is 11. The highest BCUT2D eigenvalue weighted by Gasteiger charge is 2.13. The second kappa shape index (κ2) is 10.9. The molecule has 1 heterocycles. The molecule has 0 aliphatic heterocycles. The van der Waals surface area contributed by atoms with E-state index in [0.29, 0.717) is 30.6 Å². The van der Waals surface area contributed by atoms with Crippen molar-refractivity contribution >= 4 is 5.91 Å². The molecule has 0 spiro atoms. The molecule has 1 aromatic heterocycles. The summed E-state index contributed by atoms with van der Waals surface area (Å²) in [6, 6.07) is 9.75. The van der Waals surface area contributed by atoms with Crippen molar-refractivity contribution in [3.63, 3.8) is 0 Å². The van der Waals surface area contributed by atoms with Crippen LogP contribution in [0.4, 0.5) is 0 Å². The predicted molar refractivity (Wildman–Crippen MR) is 113 cm³/mol. The molecule has 0 bridgehead atoms. The molecule has 5 nitrogen and oxygen atoms in total. The number of benzene rings is 1. The summed E-state index contributed by atoms with van der Waals surface area (Å²) in [5.41, 5.74) is 2.33. The van der Waals surface area contributed by atoms with E-state index in [4.69, 9.17) is 9.15 Å². The van der Waals surface area contributed by atoms with Crippen LogP contribution in [-0.2, 0) is 6.61 Å². The maximum atomic E-state index is 12.2. The third kappa shape index (κ3) is 6.41. The predicted octanol–water partition coefficient (Wildman–Crippen LogP) is 4.75. The van der Waals surface area contributed by atoms with E-state index in [1.807, 2.05) is 13.0 Å². The van der Waals surface area contributed by atoms with Crippen molar-refractivity contribution in [3.8, 4) is 5.75 Å². The topological polar surface area (TPSA) is 54.7 Å². The number of nitrogens with zero attached hydrogens (tertiary/aromatic N) is 1. The lowest BCUT2D eigenvalue weighted by Gasteiger charge is -2.17. The number of nitrogens with one attached hydrogen (secondary N) is 1. The molecule has 0 aliphatic carbocycles. The SMILES string of the molecule is CCN(CC)CCCNC(=O)c1ccc(COc2cc(C)ccc2C(C)C)o1. The number of ether oxygens (including phenoxy) is 1. The summed E-state index contributed by atoms with van der Waals surface area (Å²) in [6.45, 7) is 14.6. The summed E-state index contributed by atoms with van der Waals surface area (Å²) in [4.78, 5) is 14.6. The number of furan rings is 1. The third-order valence-electron chi connectivity index (χ3n) is 4.88. The monoisotopic (exact) mass is 386 g/mol. The minimum atomic E-state index is -0.177. The zero-order valence-electron chi connectivity index (χ0n) is 17.9. The molecule has 0 aliphatic rings. The van der Waals surface area contributed by atoms with Gasteiger partial charge in [0.1, 0.15) is 18.1 Å². The lowest BCUT2D eigenvalue weighted by Crippen LogP contribution is -2.29. The number of aryl methyl sites for hydroxylation is 1. The van der Waals surface area contributed by atoms with Crippen molar-refractivity contribution in [3.05, 3.63) is 53.0 Å². The molecule has 0 unspecified atom stereocenters. The Morgan fingerprint density at radius 2 is 1.93 bits per heavy atom. The first-order chi connectivity index (χ1) is 13.4. The molecule has 28 heavy (non-hydrogen) atoms. The van der Waals surface area contributed by atoms with Gasteiger partial charge in [-0.2, -0.15) is 0 Å². The molecular weight excluding hydrogens is 352 g/mol. The molecule has 0 fully saturated rings. The minimum absolute atomic E-state index is 0.177. The van der Waals surface area contributed by atoms with Crippen LogP contribution in [0.5, 0.6) is 5.75 Å². The fourth-order valence-corrected chi connectivity index (χ4v) is 3.10. The summed E-state index contributed by atoms with van der Waals surface area (Å²) in [7, 11) is 0. The number of carbonyl (C=O) groups excluding carboxylic acids is 1. The average Bonchev–Trinajstić information content (AvgIpc) is 3.15. The Balaban J connectivity index is 1.85. The highest BCUT2D eigenvalue weighted by Crippen LogP contribution is 2.28. The fourth-order valence-electron chi connectivity index (χ4n) is 3.10. The Morgan fingerprint density at radius 3 is 2.61 bits per heavy atom. The molecular formula is C23H34N2O3. The molecule has 1 amide bonds. The third-order valence-corrected chi connectivity index (χ3v) is 4.88. The van der Waals surface area contributed by atoms with Gasteiger partial charge in [0.05, 0.1) is 0 Å². The van der Waals surface area contributed by atoms with Crippen LogP contribution in [0.15, 0.2) is 34.7 Å². The Morgan fingerprint density at radius 1 is 1.18 bits per heavy atom. The van der Waals surface area contributed by atoms with Gasteiger partial charge in [0.25, 0.3) is 5.91 Å². The lowest BCUT2D eigenvalue weighted by molar-refractivity contribution is 0.0920. The van der Waals surface area contributed by atoms with Gasteiger partial charge in [-0.3, -0.25) is 4.79 Å². The van der Waals surface area contributed by atoms with Gasteiger partial charge in [0.15, 0.2) is 5.76 Å². The van der Waals surface area contributed by atoms with E-state index in [2.05, 4.69) is 50.0 Å². The highest BCUT2D eigenvalue weighted by molar-refractivity contribution is 5.91. The molecule has 5 heteroatoms. The van der Waals surface area contributed by atoms with E-state index in [-0.39, 0.29) is 5.91 Å². The average molecular weight is 387 g/mol. The largest absolute Gasteiger partial charge is 0.485 e. The number of amides is 1. The van der Waals surface area contributed by atoms with Crippen LogP contribution < -0.4 is 10.1 Å². The molecule has 0 saturated carbocycles. The van der Waals surface area contributed by atoms with Crippen LogP contribution in [-0.4, -0.2) is 37.0 Å². The van der Waals surface area contributed by atoms with Crippen LogP contribution in [0.2, 0.25) is 0 Å². The molecule has 0 atom stereocenters. The summed E-state index contributed by atoms with van der Waals surface area (Å²) in [5.74, 6) is 2.04. The lowest BCUT2D eigenvalue weighted by atomic mass is 10.0. The molecule has 0 saturated heterocycles. The quantitative estimate of drug-likeness (QED) is 0.566. The summed E-state index contributed by atoms with van der Waals surface area (Å²) >= 11 is 0. The van der Waals surface area contributed by atoms with Crippen molar-refractivity contribution in [1.29, 1.82) is 0 Å². The fraction of sp³-hybridized carbons (Fsp3) is 0.522. The zero-order valence-corrected chi connectivity index (χ0v) is 17.9. The van der Waals surface area contributed by atoms with E-state index in [9.17, 15) is 4.79 Å². The van der Waals surface area contributed by atoms with Gasteiger partial charge in [-0.1, -0.05) is 39.8 Å². The second-order valence-electron chi connectivity index (χ2n) is 7.39. The Kier molecular flexibility index (Phi) is 8.58. The van der Waals surface area contributed by atoms with E-state index in [1.54, 1.807) is 12.1 Å². The van der Waals surface area contributed by atoms with Gasteiger partial charge >= 0.3 is 0 Å². The van der Waals surface area contributed by atoms with Gasteiger partial charge < -0.3 is 19.4 Å². The first kappa shape index (κ1) is 22.0. The molecule has 2 aromatic rings. The normalized spacial score (nSPS) is 11.2. The Labute approximate surface area is 169 Å². The highest BCUT2D eigenvalue weighted by atomic mass is 16.5. The standard InChI is InChI=1S/C23H34N2O3/c1-6-25(7-2)14-8-13-24-23(26)21-12-10-19(28-21)16-27-22-15-18(5)9-11-20(22)17(3)4/h9-12,15,17H,6-8,13-14,16H2,1-5H3,(H,24,26). The van der Waals surface area contributed by atoms with Crippen LogP contribution in [0.3, 0.4) is 0 Å². The Bertz CT molecular complexity index is 748. The zero-order chi connectivity index (χ0) is 20.5. The molecule has 1 aromatic carbocycles. The van der Waals surface area contributed by atoms with Crippen LogP contribution >= 0.6 is 0 Å². The van der Waals surface area contributed by atoms with Gasteiger partial charge in [-0.05, 0) is 68.2 Å². The molecule has 1 N–H and O–H groups in total. The summed E-state index contributed by atoms with van der Waals surface area (Å²) < 4.78 is 11.6. The summed E-state index contributed by atoms with van der Waals surface area (Å²) in [5, 5.41) is 2.92. The van der Waals surface area contributed by atoms with Crippen LogP contribution in [0.25, 0.3) is 0 Å². The van der Waals surface area contributed by atoms with Crippen LogP contribution in [0.1, 0.15) is 67.5 Å². The van der Waals surface area contributed by atoms with Gasteiger partial charge in [0.2, 0.25) is 0 Å². The van der Waals surface area contributed by atoms with Crippen molar-refractivity contribution in [2.75, 3.05) is 26.2 Å². The van der Waals surface area contributed by atoms with Gasteiger partial charge in [-0.25, -0.2) is 0 Å². The number of hydrogen-bond donors (Lipinski definition) is 1. The Hall–Kier alpha value is -2.27. The first-order valence-electron chi connectivity index (χ1n) is 10.3. The minimum Gasteiger partial charge on any atom is -0.485 e.